The smallest absolute Gasteiger partial charge is 0.255 e. The fraction of sp³-hybridized carbons (Fsp3) is 0.294. The maximum Gasteiger partial charge on any atom is 0.255 e. The molecule has 0 radical (unpaired) electrons. The Morgan fingerprint density at radius 3 is 2.83 bits per heavy atom. The third kappa shape index (κ3) is 3.12. The summed E-state index contributed by atoms with van der Waals surface area (Å²) in [6.45, 7) is 2.00. The normalized spacial score (nSPS) is 17.8. The summed E-state index contributed by atoms with van der Waals surface area (Å²) in [5.41, 5.74) is 1.23. The molecule has 3 rings (SSSR count). The molecule has 1 fully saturated rings. The number of nitrogens with zero attached hydrogens (tertiary/aromatic N) is 1. The van der Waals surface area contributed by atoms with Gasteiger partial charge in [0.15, 0.2) is 0 Å². The van der Waals surface area contributed by atoms with Gasteiger partial charge >= 0.3 is 0 Å². The van der Waals surface area contributed by atoms with Crippen LogP contribution in [0.1, 0.15) is 22.0 Å². The van der Waals surface area contributed by atoms with Crippen LogP contribution in [-0.4, -0.2) is 42.5 Å². The molecule has 2 N–H and O–H groups in total. The molecule has 1 atom stereocenters. The summed E-state index contributed by atoms with van der Waals surface area (Å²) in [5.74, 6) is 0.666. The lowest BCUT2D eigenvalue weighted by Gasteiger charge is -2.37. The van der Waals surface area contributed by atoms with Crippen molar-refractivity contribution >= 4 is 5.91 Å². The number of aromatic amines is 1. The number of carbonyl (C=O) groups excluding carboxylic acids is 1. The SMILES string of the molecule is COc1ccccc1C1CNCCN1C(=O)c1ccc(=O)[nH]c1. The average Bonchev–Trinajstić information content (AvgIpc) is 2.62. The van der Waals surface area contributed by atoms with E-state index < -0.39 is 0 Å². The van der Waals surface area contributed by atoms with Crippen molar-refractivity contribution in [3.8, 4) is 5.75 Å². The maximum atomic E-state index is 12.8. The van der Waals surface area contributed by atoms with Gasteiger partial charge in [0.2, 0.25) is 5.56 Å². The molecule has 2 heterocycles. The highest BCUT2D eigenvalue weighted by molar-refractivity contribution is 5.94. The summed E-state index contributed by atoms with van der Waals surface area (Å²) in [6.07, 6.45) is 1.46. The van der Waals surface area contributed by atoms with Crippen LogP contribution < -0.4 is 15.6 Å². The van der Waals surface area contributed by atoms with E-state index >= 15 is 0 Å². The van der Waals surface area contributed by atoms with E-state index in [1.165, 1.54) is 12.3 Å². The highest BCUT2D eigenvalue weighted by Crippen LogP contribution is 2.30. The Bertz CT molecular complexity index is 736. The Kier molecular flexibility index (Phi) is 4.43. The Labute approximate surface area is 134 Å². The first-order valence-electron chi connectivity index (χ1n) is 7.54. The number of para-hydroxylation sites is 1. The highest BCUT2D eigenvalue weighted by atomic mass is 16.5. The molecule has 6 heteroatoms. The first-order chi connectivity index (χ1) is 11.2. The molecule has 1 aromatic heterocycles. The van der Waals surface area contributed by atoms with Crippen LogP contribution in [0.4, 0.5) is 0 Å². The van der Waals surface area contributed by atoms with Gasteiger partial charge < -0.3 is 19.9 Å². The fourth-order valence-electron chi connectivity index (χ4n) is 2.88. The van der Waals surface area contributed by atoms with Crippen molar-refractivity contribution in [3.05, 3.63) is 64.1 Å². The number of benzene rings is 1. The lowest BCUT2D eigenvalue weighted by Crippen LogP contribution is -2.48. The van der Waals surface area contributed by atoms with E-state index in [9.17, 15) is 9.59 Å². The van der Waals surface area contributed by atoms with Gasteiger partial charge in [-0.1, -0.05) is 18.2 Å². The molecule has 2 aromatic rings. The number of hydrogen-bond acceptors (Lipinski definition) is 4. The van der Waals surface area contributed by atoms with Gasteiger partial charge in [-0.25, -0.2) is 0 Å². The maximum absolute atomic E-state index is 12.8. The molecule has 0 spiro atoms. The van der Waals surface area contributed by atoms with Crippen molar-refractivity contribution in [2.24, 2.45) is 0 Å². The first-order valence-corrected chi connectivity index (χ1v) is 7.54. The van der Waals surface area contributed by atoms with Crippen molar-refractivity contribution in [3.63, 3.8) is 0 Å². The standard InChI is InChI=1S/C17H19N3O3/c1-23-15-5-3-2-4-13(15)14-11-18-8-9-20(14)17(22)12-6-7-16(21)19-10-12/h2-7,10,14,18H,8-9,11H2,1H3,(H,19,21). The van der Waals surface area contributed by atoms with Gasteiger partial charge in [-0.2, -0.15) is 0 Å². The van der Waals surface area contributed by atoms with E-state index in [4.69, 9.17) is 4.74 Å². The van der Waals surface area contributed by atoms with E-state index in [2.05, 4.69) is 10.3 Å². The number of rotatable bonds is 3. The second-order valence-electron chi connectivity index (χ2n) is 5.40. The van der Waals surface area contributed by atoms with Gasteiger partial charge in [-0.3, -0.25) is 9.59 Å². The van der Waals surface area contributed by atoms with Crippen molar-refractivity contribution in [2.75, 3.05) is 26.7 Å². The molecule has 1 saturated heterocycles. The average molecular weight is 313 g/mol. The van der Waals surface area contributed by atoms with Gasteiger partial charge in [0.05, 0.1) is 18.7 Å². The Morgan fingerprint density at radius 1 is 1.26 bits per heavy atom. The van der Waals surface area contributed by atoms with Crippen molar-refractivity contribution < 1.29 is 9.53 Å². The number of amides is 1. The summed E-state index contributed by atoms with van der Waals surface area (Å²) in [5, 5.41) is 3.32. The fourth-order valence-corrected chi connectivity index (χ4v) is 2.88. The first kappa shape index (κ1) is 15.3. The van der Waals surface area contributed by atoms with Crippen LogP contribution in [-0.2, 0) is 0 Å². The van der Waals surface area contributed by atoms with Crippen LogP contribution in [0.2, 0.25) is 0 Å². The molecule has 120 valence electrons. The molecule has 1 amide bonds. The zero-order valence-corrected chi connectivity index (χ0v) is 12.9. The lowest BCUT2D eigenvalue weighted by molar-refractivity contribution is 0.0631. The predicted molar refractivity (Wildman–Crippen MR) is 86.7 cm³/mol. The number of aromatic nitrogens is 1. The second kappa shape index (κ2) is 6.66. The lowest BCUT2D eigenvalue weighted by atomic mass is 10.0. The van der Waals surface area contributed by atoms with E-state index in [0.29, 0.717) is 18.7 Å². The minimum Gasteiger partial charge on any atom is -0.496 e. The number of ether oxygens (including phenoxy) is 1. The summed E-state index contributed by atoms with van der Waals surface area (Å²) in [7, 11) is 1.63. The molecule has 0 bridgehead atoms. The molecular formula is C17H19N3O3. The Morgan fingerprint density at radius 2 is 2.09 bits per heavy atom. The van der Waals surface area contributed by atoms with E-state index in [1.54, 1.807) is 13.2 Å². The highest BCUT2D eigenvalue weighted by Gasteiger charge is 2.30. The number of methoxy groups -OCH3 is 1. The number of piperazine rings is 1. The van der Waals surface area contributed by atoms with Gasteiger partial charge in [0.25, 0.3) is 5.91 Å². The molecule has 0 saturated carbocycles. The summed E-state index contributed by atoms with van der Waals surface area (Å²) >= 11 is 0. The summed E-state index contributed by atoms with van der Waals surface area (Å²) in [6, 6.07) is 10.5. The molecule has 6 nitrogen and oxygen atoms in total. The van der Waals surface area contributed by atoms with Crippen LogP contribution in [0.25, 0.3) is 0 Å². The third-order valence-electron chi connectivity index (χ3n) is 4.03. The second-order valence-corrected chi connectivity index (χ2v) is 5.40. The monoisotopic (exact) mass is 313 g/mol. The minimum absolute atomic E-state index is 0.0985. The van der Waals surface area contributed by atoms with Crippen molar-refractivity contribution in [1.82, 2.24) is 15.2 Å². The van der Waals surface area contributed by atoms with Gasteiger partial charge in [-0.15, -0.1) is 0 Å². The number of H-pyrrole nitrogens is 1. The molecule has 0 aliphatic carbocycles. The topological polar surface area (TPSA) is 74.4 Å². The Balaban J connectivity index is 1.94. The van der Waals surface area contributed by atoms with Crippen LogP contribution in [0.3, 0.4) is 0 Å². The van der Waals surface area contributed by atoms with Crippen LogP contribution in [0.5, 0.6) is 5.75 Å². The molecule has 1 aliphatic heterocycles. The summed E-state index contributed by atoms with van der Waals surface area (Å²) in [4.78, 5) is 28.4. The number of carbonyl (C=O) groups is 1. The van der Waals surface area contributed by atoms with Crippen LogP contribution in [0, 0.1) is 0 Å². The predicted octanol–water partition coefficient (Wildman–Crippen LogP) is 1.17. The van der Waals surface area contributed by atoms with Crippen LogP contribution in [0.15, 0.2) is 47.4 Å². The van der Waals surface area contributed by atoms with E-state index in [0.717, 1.165) is 17.9 Å². The minimum atomic E-state index is -0.219. The molecule has 1 aromatic carbocycles. The van der Waals surface area contributed by atoms with Crippen LogP contribution >= 0.6 is 0 Å². The Hall–Kier alpha value is -2.60. The number of pyridine rings is 1. The zero-order chi connectivity index (χ0) is 16.2. The van der Waals surface area contributed by atoms with E-state index in [-0.39, 0.29) is 17.5 Å². The van der Waals surface area contributed by atoms with Crippen molar-refractivity contribution in [1.29, 1.82) is 0 Å². The quantitative estimate of drug-likeness (QED) is 0.892. The number of hydrogen-bond donors (Lipinski definition) is 2. The van der Waals surface area contributed by atoms with E-state index in [1.807, 2.05) is 29.2 Å². The molecule has 23 heavy (non-hydrogen) atoms. The molecular weight excluding hydrogens is 294 g/mol. The van der Waals surface area contributed by atoms with Gasteiger partial charge in [-0.05, 0) is 12.1 Å². The zero-order valence-electron chi connectivity index (χ0n) is 12.9. The number of nitrogens with one attached hydrogen (secondary N) is 2. The third-order valence-corrected chi connectivity index (χ3v) is 4.03. The molecule has 1 unspecified atom stereocenters. The molecule has 1 aliphatic rings. The van der Waals surface area contributed by atoms with Crippen molar-refractivity contribution in [2.45, 2.75) is 6.04 Å². The largest absolute Gasteiger partial charge is 0.496 e. The summed E-state index contributed by atoms with van der Waals surface area (Å²) < 4.78 is 5.43. The van der Waals surface area contributed by atoms with Gasteiger partial charge in [0, 0.05) is 37.5 Å². The van der Waals surface area contributed by atoms with Gasteiger partial charge in [0.1, 0.15) is 5.75 Å².